The number of methoxy groups -OCH3 is 1. The molecule has 2 heteroatoms. The van der Waals surface area contributed by atoms with Gasteiger partial charge in [0.05, 0.1) is 12.2 Å². The largest absolute Gasteiger partial charge is 0.393 e. The topological polar surface area (TPSA) is 29.5 Å². The second-order valence-corrected chi connectivity index (χ2v) is 14.0. The summed E-state index contributed by atoms with van der Waals surface area (Å²) in [5.74, 6) is 2.73. The fraction of sp³-hybridized carbons (Fsp3) is 0.871. The Balaban J connectivity index is 1.62. The Morgan fingerprint density at radius 2 is 1.79 bits per heavy atom. The van der Waals surface area contributed by atoms with Crippen LogP contribution in [0.2, 0.25) is 0 Å². The van der Waals surface area contributed by atoms with Crippen LogP contribution in [0.5, 0.6) is 0 Å². The van der Waals surface area contributed by atoms with E-state index in [9.17, 15) is 5.11 Å². The SMILES string of the molecule is COC(C=C(C)C)CC(C)C1CCC2(C)C3=CCC4C(C)(C)C(O)CCC4(C)C3CCC12C. The van der Waals surface area contributed by atoms with Crippen molar-refractivity contribution in [1.29, 1.82) is 0 Å². The van der Waals surface area contributed by atoms with E-state index in [1.54, 1.807) is 0 Å². The molecule has 1 N–H and O–H groups in total. The first-order valence-electron chi connectivity index (χ1n) is 13.9. The van der Waals surface area contributed by atoms with Gasteiger partial charge in [0.2, 0.25) is 0 Å². The van der Waals surface area contributed by atoms with E-state index in [-0.39, 0.29) is 17.6 Å². The maximum atomic E-state index is 10.8. The highest BCUT2D eigenvalue weighted by Gasteiger charge is 2.65. The van der Waals surface area contributed by atoms with E-state index in [1.807, 2.05) is 12.7 Å². The van der Waals surface area contributed by atoms with Gasteiger partial charge in [0.1, 0.15) is 0 Å². The number of hydrogen-bond acceptors (Lipinski definition) is 2. The standard InChI is InChI=1S/C31H52O2/c1-20(2)18-22(33-9)19-21(3)23-12-16-31(8)25-10-11-26-28(4,5)27(32)14-15-29(26,6)24(25)13-17-30(23,31)7/h10,18,21-24,26-27,32H,11-17,19H2,1-9H3. The summed E-state index contributed by atoms with van der Waals surface area (Å²) in [5.41, 5.74) is 4.22. The van der Waals surface area contributed by atoms with Crippen LogP contribution in [-0.4, -0.2) is 24.4 Å². The first kappa shape index (κ1) is 25.5. The molecular formula is C31H52O2. The number of aliphatic hydroxyl groups excluding tert-OH is 1. The van der Waals surface area contributed by atoms with Gasteiger partial charge in [-0.05, 0) is 111 Å². The Kier molecular flexibility index (Phi) is 6.57. The average Bonchev–Trinajstić information content (AvgIpc) is 3.02. The number of fused-ring (bicyclic) bond motifs is 5. The van der Waals surface area contributed by atoms with Gasteiger partial charge >= 0.3 is 0 Å². The van der Waals surface area contributed by atoms with Crippen LogP contribution in [0, 0.1) is 45.3 Å². The molecule has 0 aromatic carbocycles. The van der Waals surface area contributed by atoms with E-state index < -0.39 is 0 Å². The Morgan fingerprint density at radius 1 is 1.09 bits per heavy atom. The summed E-state index contributed by atoms with van der Waals surface area (Å²) in [6.45, 7) is 19.4. The summed E-state index contributed by atoms with van der Waals surface area (Å²) in [6, 6.07) is 0. The van der Waals surface area contributed by atoms with Gasteiger partial charge in [-0.3, -0.25) is 0 Å². The van der Waals surface area contributed by atoms with Crippen LogP contribution in [-0.2, 0) is 4.74 Å². The molecule has 4 aliphatic carbocycles. The van der Waals surface area contributed by atoms with Crippen molar-refractivity contribution in [2.75, 3.05) is 7.11 Å². The first-order valence-corrected chi connectivity index (χ1v) is 13.9. The highest BCUT2D eigenvalue weighted by atomic mass is 16.5. The highest BCUT2D eigenvalue weighted by Crippen LogP contribution is 2.73. The van der Waals surface area contributed by atoms with Gasteiger partial charge < -0.3 is 9.84 Å². The second kappa shape index (κ2) is 8.51. The fourth-order valence-electron chi connectivity index (χ4n) is 9.79. The zero-order chi connectivity index (χ0) is 24.4. The molecule has 0 aromatic rings. The Bertz CT molecular complexity index is 804. The molecule has 0 saturated heterocycles. The Morgan fingerprint density at radius 3 is 2.42 bits per heavy atom. The van der Waals surface area contributed by atoms with Crippen LogP contribution < -0.4 is 0 Å². The van der Waals surface area contributed by atoms with E-state index in [0.29, 0.717) is 34.0 Å². The molecular weight excluding hydrogens is 404 g/mol. The van der Waals surface area contributed by atoms with Gasteiger partial charge in [-0.15, -0.1) is 0 Å². The van der Waals surface area contributed by atoms with Crippen LogP contribution in [0.1, 0.15) is 107 Å². The van der Waals surface area contributed by atoms with E-state index in [0.717, 1.165) is 25.2 Å². The van der Waals surface area contributed by atoms with Crippen LogP contribution in [0.15, 0.2) is 23.3 Å². The van der Waals surface area contributed by atoms with Gasteiger partial charge in [0.25, 0.3) is 0 Å². The zero-order valence-corrected chi connectivity index (χ0v) is 23.1. The summed E-state index contributed by atoms with van der Waals surface area (Å²) in [7, 11) is 1.87. The van der Waals surface area contributed by atoms with Gasteiger partial charge in [0.15, 0.2) is 0 Å². The zero-order valence-electron chi connectivity index (χ0n) is 23.1. The number of ether oxygens (including phenoxy) is 1. The smallest absolute Gasteiger partial charge is 0.0757 e. The number of aliphatic hydroxyl groups is 1. The Labute approximate surface area is 204 Å². The lowest BCUT2D eigenvalue weighted by Gasteiger charge is -2.64. The van der Waals surface area contributed by atoms with Crippen molar-refractivity contribution in [3.8, 4) is 0 Å². The molecule has 9 atom stereocenters. The van der Waals surface area contributed by atoms with E-state index >= 15 is 0 Å². The summed E-state index contributed by atoms with van der Waals surface area (Å²) in [6.07, 6.45) is 14.9. The average molecular weight is 457 g/mol. The molecule has 3 fully saturated rings. The fourth-order valence-corrected chi connectivity index (χ4v) is 9.79. The monoisotopic (exact) mass is 456 g/mol. The summed E-state index contributed by atoms with van der Waals surface area (Å²) < 4.78 is 5.86. The number of hydrogen-bond donors (Lipinski definition) is 1. The van der Waals surface area contributed by atoms with Crippen molar-refractivity contribution < 1.29 is 9.84 Å². The molecule has 4 aliphatic rings. The summed E-state index contributed by atoms with van der Waals surface area (Å²) >= 11 is 0. The minimum atomic E-state index is -0.152. The normalized spacial score (nSPS) is 45.8. The van der Waals surface area contributed by atoms with E-state index in [4.69, 9.17) is 4.74 Å². The lowest BCUT2D eigenvalue weighted by molar-refractivity contribution is -0.131. The molecule has 4 rings (SSSR count). The molecule has 0 heterocycles. The van der Waals surface area contributed by atoms with Gasteiger partial charge in [0, 0.05) is 7.11 Å². The van der Waals surface area contributed by atoms with Crippen LogP contribution in [0.4, 0.5) is 0 Å². The molecule has 0 bridgehead atoms. The van der Waals surface area contributed by atoms with Crippen molar-refractivity contribution in [2.24, 2.45) is 45.3 Å². The molecule has 0 aliphatic heterocycles. The number of allylic oxidation sites excluding steroid dienone is 3. The molecule has 2 nitrogen and oxygen atoms in total. The molecule has 9 unspecified atom stereocenters. The summed E-state index contributed by atoms with van der Waals surface area (Å²) in [5, 5.41) is 10.8. The van der Waals surface area contributed by atoms with Crippen LogP contribution >= 0.6 is 0 Å². The van der Waals surface area contributed by atoms with Crippen molar-refractivity contribution in [3.05, 3.63) is 23.3 Å². The third kappa shape index (κ3) is 3.72. The second-order valence-electron chi connectivity index (χ2n) is 14.0. The molecule has 0 amide bonds. The third-order valence-electron chi connectivity index (χ3n) is 12.0. The highest BCUT2D eigenvalue weighted by molar-refractivity contribution is 5.33. The maximum Gasteiger partial charge on any atom is 0.0757 e. The maximum absolute atomic E-state index is 10.8. The molecule has 0 aromatic heterocycles. The Hall–Kier alpha value is -0.600. The minimum Gasteiger partial charge on any atom is -0.393 e. The first-order chi connectivity index (χ1) is 15.3. The van der Waals surface area contributed by atoms with Gasteiger partial charge in [-0.25, -0.2) is 0 Å². The van der Waals surface area contributed by atoms with Crippen molar-refractivity contribution in [2.45, 2.75) is 119 Å². The molecule has 0 radical (unpaired) electrons. The van der Waals surface area contributed by atoms with Crippen molar-refractivity contribution >= 4 is 0 Å². The van der Waals surface area contributed by atoms with E-state index in [2.05, 4.69) is 67.5 Å². The predicted octanol–water partition coefficient (Wildman–Crippen LogP) is 7.96. The van der Waals surface area contributed by atoms with Crippen molar-refractivity contribution in [3.63, 3.8) is 0 Å². The third-order valence-corrected chi connectivity index (χ3v) is 12.0. The van der Waals surface area contributed by atoms with Crippen molar-refractivity contribution in [1.82, 2.24) is 0 Å². The van der Waals surface area contributed by atoms with Crippen LogP contribution in [0.25, 0.3) is 0 Å². The molecule has 33 heavy (non-hydrogen) atoms. The lowest BCUT2D eigenvalue weighted by Crippen LogP contribution is -2.58. The van der Waals surface area contributed by atoms with Crippen LogP contribution in [0.3, 0.4) is 0 Å². The van der Waals surface area contributed by atoms with Gasteiger partial charge in [-0.1, -0.05) is 64.8 Å². The molecule has 188 valence electrons. The predicted molar refractivity (Wildman–Crippen MR) is 139 cm³/mol. The van der Waals surface area contributed by atoms with E-state index in [1.165, 1.54) is 37.7 Å². The summed E-state index contributed by atoms with van der Waals surface area (Å²) in [4.78, 5) is 0. The molecule has 3 saturated carbocycles. The number of rotatable bonds is 5. The quantitative estimate of drug-likeness (QED) is 0.425. The van der Waals surface area contributed by atoms with Gasteiger partial charge in [-0.2, -0.15) is 0 Å². The lowest BCUT2D eigenvalue weighted by atomic mass is 9.41. The minimum absolute atomic E-state index is 0.0174. The molecule has 0 spiro atoms.